The second kappa shape index (κ2) is 9.40. The molecule has 0 radical (unpaired) electrons. The maximum Gasteiger partial charge on any atom is 0.326 e. The number of ether oxygens (including phenoxy) is 2. The van der Waals surface area contributed by atoms with Gasteiger partial charge >= 0.3 is 5.97 Å². The van der Waals surface area contributed by atoms with E-state index >= 15 is 0 Å². The van der Waals surface area contributed by atoms with Crippen molar-refractivity contribution in [2.24, 2.45) is 0 Å². The third-order valence-corrected chi connectivity index (χ3v) is 3.49. The Labute approximate surface area is 127 Å². The molecule has 0 saturated carbocycles. The summed E-state index contributed by atoms with van der Waals surface area (Å²) in [6.07, 6.45) is 1.05. The van der Waals surface area contributed by atoms with Crippen LogP contribution in [0.15, 0.2) is 24.3 Å². The van der Waals surface area contributed by atoms with Crippen molar-refractivity contribution in [2.45, 2.75) is 46.1 Å². The fraction of sp³-hybridized carbons (Fsp3) is 0.588. The third kappa shape index (κ3) is 5.38. The molecule has 0 aliphatic carbocycles. The molecule has 0 spiro atoms. The van der Waals surface area contributed by atoms with Crippen LogP contribution in [0.25, 0.3) is 0 Å². The van der Waals surface area contributed by atoms with Gasteiger partial charge in [-0.25, -0.2) is 0 Å². The van der Waals surface area contributed by atoms with Gasteiger partial charge in [-0.15, -0.1) is 0 Å². The molecule has 21 heavy (non-hydrogen) atoms. The van der Waals surface area contributed by atoms with Crippen LogP contribution in [-0.4, -0.2) is 31.8 Å². The predicted octanol–water partition coefficient (Wildman–Crippen LogP) is 3.12. The van der Waals surface area contributed by atoms with Gasteiger partial charge in [0.15, 0.2) is 0 Å². The van der Waals surface area contributed by atoms with Gasteiger partial charge in [0.1, 0.15) is 18.4 Å². The first-order valence-electron chi connectivity index (χ1n) is 7.75. The summed E-state index contributed by atoms with van der Waals surface area (Å²) in [7, 11) is 0. The number of esters is 1. The molecular weight excluding hydrogens is 266 g/mol. The first-order chi connectivity index (χ1) is 10.1. The van der Waals surface area contributed by atoms with Crippen LogP contribution in [-0.2, 0) is 9.53 Å². The molecule has 1 rings (SSSR count). The smallest absolute Gasteiger partial charge is 0.326 e. The van der Waals surface area contributed by atoms with Crippen LogP contribution in [0.4, 0.5) is 0 Å². The molecule has 0 aromatic heterocycles. The number of carbonyl (C=O) groups is 1. The van der Waals surface area contributed by atoms with Gasteiger partial charge in [0.05, 0.1) is 6.61 Å². The summed E-state index contributed by atoms with van der Waals surface area (Å²) in [5, 5.41) is 3.10. The van der Waals surface area contributed by atoms with Crippen LogP contribution in [0.5, 0.6) is 5.75 Å². The Morgan fingerprint density at radius 3 is 2.57 bits per heavy atom. The molecule has 0 saturated heterocycles. The van der Waals surface area contributed by atoms with E-state index in [0.717, 1.165) is 12.2 Å². The SMILES string of the molecule is CCNC(COc1ccccc1C(C)CC)C(=O)OCC. The van der Waals surface area contributed by atoms with Gasteiger partial charge < -0.3 is 14.8 Å². The highest BCUT2D eigenvalue weighted by Gasteiger charge is 2.20. The summed E-state index contributed by atoms with van der Waals surface area (Å²) in [6, 6.07) is 7.57. The van der Waals surface area contributed by atoms with E-state index in [2.05, 4.69) is 25.2 Å². The van der Waals surface area contributed by atoms with Crippen LogP contribution in [0.3, 0.4) is 0 Å². The summed E-state index contributed by atoms with van der Waals surface area (Å²) in [6.45, 7) is 9.44. The molecule has 0 amide bonds. The minimum absolute atomic E-state index is 0.264. The van der Waals surface area contributed by atoms with Crippen molar-refractivity contribution < 1.29 is 14.3 Å². The molecule has 0 bridgehead atoms. The van der Waals surface area contributed by atoms with Crippen molar-refractivity contribution in [3.05, 3.63) is 29.8 Å². The normalized spacial score (nSPS) is 13.5. The number of hydrogen-bond acceptors (Lipinski definition) is 4. The van der Waals surface area contributed by atoms with E-state index in [-0.39, 0.29) is 12.6 Å². The Bertz CT molecular complexity index is 434. The molecule has 1 aromatic rings. The highest BCUT2D eigenvalue weighted by Crippen LogP contribution is 2.28. The predicted molar refractivity (Wildman–Crippen MR) is 84.7 cm³/mol. The Morgan fingerprint density at radius 2 is 1.95 bits per heavy atom. The van der Waals surface area contributed by atoms with E-state index in [0.29, 0.717) is 19.1 Å². The summed E-state index contributed by atoms with van der Waals surface area (Å²) in [4.78, 5) is 11.9. The van der Waals surface area contributed by atoms with Crippen molar-refractivity contribution in [3.8, 4) is 5.75 Å². The molecule has 0 fully saturated rings. The van der Waals surface area contributed by atoms with Gasteiger partial charge in [0.2, 0.25) is 0 Å². The highest BCUT2D eigenvalue weighted by molar-refractivity contribution is 5.76. The van der Waals surface area contributed by atoms with E-state index in [1.807, 2.05) is 25.1 Å². The number of benzene rings is 1. The zero-order chi connectivity index (χ0) is 15.7. The molecular formula is C17H27NO3. The lowest BCUT2D eigenvalue weighted by Gasteiger charge is -2.20. The molecule has 0 heterocycles. The molecule has 0 aliphatic rings. The second-order valence-electron chi connectivity index (χ2n) is 5.02. The number of para-hydroxylation sites is 1. The van der Waals surface area contributed by atoms with Crippen molar-refractivity contribution in [3.63, 3.8) is 0 Å². The number of likely N-dealkylation sites (N-methyl/N-ethyl adjacent to an activating group) is 1. The first kappa shape index (κ1) is 17.5. The van der Waals surface area contributed by atoms with Crippen molar-refractivity contribution in [1.29, 1.82) is 0 Å². The van der Waals surface area contributed by atoms with Crippen LogP contribution in [0.2, 0.25) is 0 Å². The van der Waals surface area contributed by atoms with Crippen molar-refractivity contribution >= 4 is 5.97 Å². The van der Waals surface area contributed by atoms with Crippen molar-refractivity contribution in [2.75, 3.05) is 19.8 Å². The number of nitrogens with one attached hydrogen (secondary N) is 1. The van der Waals surface area contributed by atoms with Crippen LogP contribution in [0, 0.1) is 0 Å². The molecule has 2 unspecified atom stereocenters. The quantitative estimate of drug-likeness (QED) is 0.711. The fourth-order valence-electron chi connectivity index (χ4n) is 2.11. The number of rotatable bonds is 9. The molecule has 2 atom stereocenters. The average molecular weight is 293 g/mol. The molecule has 118 valence electrons. The van der Waals surface area contributed by atoms with Gasteiger partial charge in [-0.3, -0.25) is 4.79 Å². The molecule has 1 N–H and O–H groups in total. The Balaban J connectivity index is 2.73. The maximum atomic E-state index is 11.9. The zero-order valence-corrected chi connectivity index (χ0v) is 13.5. The van der Waals surface area contributed by atoms with Gasteiger partial charge in [-0.05, 0) is 37.4 Å². The largest absolute Gasteiger partial charge is 0.491 e. The summed E-state index contributed by atoms with van der Waals surface area (Å²) < 4.78 is 10.9. The van der Waals surface area contributed by atoms with E-state index < -0.39 is 6.04 Å². The lowest BCUT2D eigenvalue weighted by atomic mass is 9.98. The molecule has 4 nitrogen and oxygen atoms in total. The fourth-order valence-corrected chi connectivity index (χ4v) is 2.11. The van der Waals surface area contributed by atoms with Crippen molar-refractivity contribution in [1.82, 2.24) is 5.32 Å². The standard InChI is InChI=1S/C17H27NO3/c1-5-13(4)14-10-8-9-11-16(14)21-12-15(18-6-2)17(19)20-7-3/h8-11,13,15,18H,5-7,12H2,1-4H3. The lowest BCUT2D eigenvalue weighted by molar-refractivity contribution is -0.146. The van der Waals surface area contributed by atoms with E-state index in [1.54, 1.807) is 6.92 Å². The minimum atomic E-state index is -0.431. The Kier molecular flexibility index (Phi) is 7.83. The molecule has 1 aromatic carbocycles. The topological polar surface area (TPSA) is 47.6 Å². The maximum absolute atomic E-state index is 11.9. The monoisotopic (exact) mass is 293 g/mol. The average Bonchev–Trinajstić information content (AvgIpc) is 2.51. The van der Waals surface area contributed by atoms with Crippen LogP contribution >= 0.6 is 0 Å². The van der Waals surface area contributed by atoms with Gasteiger partial charge in [0, 0.05) is 0 Å². The lowest BCUT2D eigenvalue weighted by Crippen LogP contribution is -2.42. The summed E-state index contributed by atoms with van der Waals surface area (Å²) in [5.74, 6) is 1.01. The molecule has 0 aliphatic heterocycles. The van der Waals surface area contributed by atoms with Gasteiger partial charge in [-0.1, -0.05) is 39.0 Å². The first-order valence-corrected chi connectivity index (χ1v) is 7.75. The van der Waals surface area contributed by atoms with Gasteiger partial charge in [-0.2, -0.15) is 0 Å². The highest BCUT2D eigenvalue weighted by atomic mass is 16.5. The van der Waals surface area contributed by atoms with E-state index in [9.17, 15) is 4.79 Å². The second-order valence-corrected chi connectivity index (χ2v) is 5.02. The molecule has 4 heteroatoms. The van der Waals surface area contributed by atoms with E-state index in [1.165, 1.54) is 5.56 Å². The van der Waals surface area contributed by atoms with E-state index in [4.69, 9.17) is 9.47 Å². The zero-order valence-electron chi connectivity index (χ0n) is 13.5. The van der Waals surface area contributed by atoms with Crippen LogP contribution in [0.1, 0.15) is 45.6 Å². The summed E-state index contributed by atoms with van der Waals surface area (Å²) in [5.41, 5.74) is 1.18. The summed E-state index contributed by atoms with van der Waals surface area (Å²) >= 11 is 0. The van der Waals surface area contributed by atoms with Gasteiger partial charge in [0.25, 0.3) is 0 Å². The Hall–Kier alpha value is -1.55. The minimum Gasteiger partial charge on any atom is -0.491 e. The number of hydrogen-bond donors (Lipinski definition) is 1. The van der Waals surface area contributed by atoms with Crippen LogP contribution < -0.4 is 10.1 Å². The third-order valence-electron chi connectivity index (χ3n) is 3.49. The number of carbonyl (C=O) groups excluding carboxylic acids is 1. The Morgan fingerprint density at radius 1 is 1.24 bits per heavy atom.